The lowest BCUT2D eigenvalue weighted by molar-refractivity contribution is 0.123. The first-order valence-corrected chi connectivity index (χ1v) is 9.00. The van der Waals surface area contributed by atoms with Gasteiger partial charge in [0, 0.05) is 27.4 Å². The molecule has 0 atom stereocenters. The van der Waals surface area contributed by atoms with Crippen LogP contribution in [-0.2, 0) is 13.3 Å². The first kappa shape index (κ1) is 16.0. The van der Waals surface area contributed by atoms with Crippen LogP contribution in [0.3, 0.4) is 0 Å². The Morgan fingerprint density at radius 1 is 1.07 bits per heavy atom. The summed E-state index contributed by atoms with van der Waals surface area (Å²) in [6, 6.07) is 0.588. The topological polar surface area (TPSA) is 27.7 Å². The number of hydrogen-bond donors (Lipinski definition) is 0. The third-order valence-electron chi connectivity index (χ3n) is 1.70. The molecule has 0 aromatic rings. The fraction of sp³-hybridized carbons (Fsp3) is 1.00. The molecule has 0 aromatic heterocycles. The van der Waals surface area contributed by atoms with Crippen LogP contribution in [0.4, 0.5) is 0 Å². The monoisotopic (exact) mass is 476 g/mol. The Balaban J connectivity index is 4.58. The Hall–Kier alpha value is 2.02. The van der Waals surface area contributed by atoms with Crippen molar-refractivity contribution in [3.8, 4) is 0 Å². The Morgan fingerprint density at radius 3 is 1.64 bits per heavy atom. The maximum atomic E-state index is 5.32. The fourth-order valence-corrected chi connectivity index (χ4v) is 5.53. The second-order valence-electron chi connectivity index (χ2n) is 2.53. The van der Waals surface area contributed by atoms with Crippen LogP contribution in [0.2, 0.25) is 6.04 Å². The van der Waals surface area contributed by atoms with Crippen LogP contribution in [0.15, 0.2) is 0 Å². The normalized spacial score (nSPS) is 13.7. The molecule has 0 aromatic carbocycles. The third-order valence-corrected chi connectivity index (χ3v) is 11.1. The molecule has 0 aliphatic heterocycles. The fourth-order valence-electron chi connectivity index (χ4n) is 0.832. The van der Waals surface area contributed by atoms with Gasteiger partial charge in [0.2, 0.25) is 0 Å². The molecule has 0 aliphatic rings. The van der Waals surface area contributed by atoms with E-state index in [1.807, 2.05) is 0 Å². The van der Waals surface area contributed by atoms with E-state index >= 15 is 0 Å². The van der Waals surface area contributed by atoms with Gasteiger partial charge >= 0.3 is 8.80 Å². The van der Waals surface area contributed by atoms with Gasteiger partial charge in [0.15, 0.2) is 0 Å². The lowest BCUT2D eigenvalue weighted by Gasteiger charge is -2.31. The van der Waals surface area contributed by atoms with Crippen molar-refractivity contribution in [3.63, 3.8) is 0 Å². The van der Waals surface area contributed by atoms with Crippen LogP contribution in [-0.4, -0.2) is 37.1 Å². The van der Waals surface area contributed by atoms with Gasteiger partial charge in [-0.05, 0) is 0 Å². The van der Waals surface area contributed by atoms with Gasteiger partial charge in [-0.25, -0.2) is 0 Å². The summed E-state index contributed by atoms with van der Waals surface area (Å²) in [6.45, 7) is 0. The molecule has 0 saturated heterocycles. The van der Waals surface area contributed by atoms with Crippen molar-refractivity contribution in [2.45, 2.75) is 13.0 Å². The third kappa shape index (κ3) is 4.48. The van der Waals surface area contributed by atoms with E-state index < -0.39 is 8.80 Å². The summed E-state index contributed by atoms with van der Waals surface area (Å²) >= 11 is 13.9. The van der Waals surface area contributed by atoms with Crippen molar-refractivity contribution in [2.75, 3.05) is 21.3 Å². The molecule has 0 aliphatic carbocycles. The smallest absolute Gasteiger partial charge is 0.377 e. The van der Waals surface area contributed by atoms with Crippen molar-refractivity contribution in [2.24, 2.45) is 0 Å². The molecule has 0 bridgehead atoms. The molecule has 8 heteroatoms. The molecule has 14 heavy (non-hydrogen) atoms. The zero-order chi connectivity index (χ0) is 11.4. The Morgan fingerprint density at radius 2 is 1.43 bits per heavy atom. The number of hydrogen-bond acceptors (Lipinski definition) is 3. The van der Waals surface area contributed by atoms with E-state index in [2.05, 4.69) is 63.7 Å². The van der Waals surface area contributed by atoms with E-state index in [1.165, 1.54) is 0 Å². The minimum Gasteiger partial charge on any atom is -0.377 e. The Kier molecular flexibility index (Phi) is 7.64. The molecule has 0 saturated carbocycles. The van der Waals surface area contributed by atoms with E-state index in [0.29, 0.717) is 6.04 Å². The maximum absolute atomic E-state index is 5.32. The van der Waals surface area contributed by atoms with E-state index in [4.69, 9.17) is 13.3 Å². The molecule has 0 N–H and O–H groups in total. The van der Waals surface area contributed by atoms with Gasteiger partial charge in [-0.15, -0.1) is 0 Å². The van der Waals surface area contributed by atoms with Crippen molar-refractivity contribution in [1.29, 1.82) is 0 Å². The molecular formula is C6H12Br4O3Si. The molecule has 0 fully saturated rings. The van der Waals surface area contributed by atoms with E-state index in [1.54, 1.807) is 21.3 Å². The lowest BCUT2D eigenvalue weighted by Crippen LogP contribution is -2.47. The SMILES string of the molecule is CO[Si](CC(Br)(Br)C(Br)Br)(OC)OC. The van der Waals surface area contributed by atoms with Crippen molar-refractivity contribution >= 4 is 72.5 Å². The van der Waals surface area contributed by atoms with Crippen molar-refractivity contribution in [3.05, 3.63) is 0 Å². The van der Waals surface area contributed by atoms with Gasteiger partial charge in [0.1, 0.15) is 3.23 Å². The number of alkyl halides is 4. The predicted octanol–water partition coefficient (Wildman–Crippen LogP) is 3.47. The average Bonchev–Trinajstić information content (AvgIpc) is 2.14. The molecule has 0 heterocycles. The van der Waals surface area contributed by atoms with Gasteiger partial charge in [-0.3, -0.25) is 0 Å². The molecule has 0 spiro atoms. The van der Waals surface area contributed by atoms with Crippen LogP contribution in [0.25, 0.3) is 0 Å². The average molecular weight is 480 g/mol. The van der Waals surface area contributed by atoms with Crippen LogP contribution in [0, 0.1) is 0 Å². The van der Waals surface area contributed by atoms with Crippen molar-refractivity contribution in [1.82, 2.24) is 0 Å². The second kappa shape index (κ2) is 6.68. The summed E-state index contributed by atoms with van der Waals surface area (Å²) in [7, 11) is 2.20. The van der Waals surface area contributed by atoms with Gasteiger partial charge < -0.3 is 13.3 Å². The Bertz CT molecular complexity index is 166. The summed E-state index contributed by atoms with van der Waals surface area (Å²) in [5.41, 5.74) is 0. The van der Waals surface area contributed by atoms with Crippen LogP contribution < -0.4 is 0 Å². The highest BCUT2D eigenvalue weighted by molar-refractivity contribution is 9.30. The highest BCUT2D eigenvalue weighted by Crippen LogP contribution is 2.44. The van der Waals surface area contributed by atoms with Crippen molar-refractivity contribution < 1.29 is 13.3 Å². The maximum Gasteiger partial charge on any atom is 0.502 e. The highest BCUT2D eigenvalue weighted by Gasteiger charge is 2.47. The van der Waals surface area contributed by atoms with E-state index in [9.17, 15) is 0 Å². The molecular weight excluding hydrogens is 468 g/mol. The summed E-state index contributed by atoms with van der Waals surface area (Å²) in [6.07, 6.45) is 0. The molecule has 0 rings (SSSR count). The summed E-state index contributed by atoms with van der Waals surface area (Å²) in [5, 5.41) is 0. The van der Waals surface area contributed by atoms with E-state index in [0.717, 1.165) is 0 Å². The van der Waals surface area contributed by atoms with Gasteiger partial charge in [0.05, 0.1) is 3.74 Å². The summed E-state index contributed by atoms with van der Waals surface area (Å²) in [4.78, 5) is 0. The first-order valence-electron chi connectivity index (χ1n) is 3.65. The van der Waals surface area contributed by atoms with Crippen LogP contribution in [0.5, 0.6) is 0 Å². The number of rotatable bonds is 6. The number of halogens is 4. The molecule has 0 radical (unpaired) electrons. The largest absolute Gasteiger partial charge is 0.502 e. The minimum atomic E-state index is -2.57. The van der Waals surface area contributed by atoms with Crippen LogP contribution in [0.1, 0.15) is 0 Å². The highest BCUT2D eigenvalue weighted by atomic mass is 79.9. The van der Waals surface area contributed by atoms with Gasteiger partial charge in [-0.2, -0.15) is 0 Å². The lowest BCUT2D eigenvalue weighted by atomic mass is 10.6. The first-order chi connectivity index (χ1) is 6.33. The molecule has 86 valence electrons. The zero-order valence-corrected chi connectivity index (χ0v) is 15.4. The summed E-state index contributed by atoms with van der Waals surface area (Å²) < 4.78 is 15.6. The standard InChI is InChI=1S/C6H12Br4O3Si/c1-11-14(12-2,13-3)4-6(9,10)5(7)8/h5H,4H2,1-3H3. The second-order valence-corrected chi connectivity index (χ2v) is 12.4. The molecule has 0 amide bonds. The van der Waals surface area contributed by atoms with Crippen LogP contribution >= 0.6 is 63.7 Å². The Labute approximate surface area is 119 Å². The summed E-state index contributed by atoms with van der Waals surface area (Å²) in [5.74, 6) is 0. The van der Waals surface area contributed by atoms with Gasteiger partial charge in [-0.1, -0.05) is 63.7 Å². The molecule has 0 unspecified atom stereocenters. The van der Waals surface area contributed by atoms with Gasteiger partial charge in [0.25, 0.3) is 0 Å². The van der Waals surface area contributed by atoms with E-state index in [-0.39, 0.29) is 6.97 Å². The minimum absolute atomic E-state index is 0.0369. The molecule has 3 nitrogen and oxygen atoms in total. The predicted molar refractivity (Wildman–Crippen MR) is 73.8 cm³/mol. The zero-order valence-electron chi connectivity index (χ0n) is 8.02. The quantitative estimate of drug-likeness (QED) is 0.431.